The first-order valence-corrected chi connectivity index (χ1v) is 16.9. The van der Waals surface area contributed by atoms with Gasteiger partial charge in [-0.1, -0.05) is 92.2 Å². The second kappa shape index (κ2) is 16.1. The van der Waals surface area contributed by atoms with E-state index in [4.69, 9.17) is 9.47 Å². The zero-order valence-corrected chi connectivity index (χ0v) is 28.4. The van der Waals surface area contributed by atoms with Crippen LogP contribution in [0.4, 0.5) is 5.69 Å². The molecule has 0 heterocycles. The SMILES string of the molecule is COc1ccc(OC)c(N(CC(=O)N(Cc2cccc(C)c2)[C@H](Cc2ccccc2)C(=O)NCC(C)C)S(=O)(=O)c2ccccc2)c1. The molecule has 0 spiro atoms. The van der Waals surface area contributed by atoms with Gasteiger partial charge in [-0.15, -0.1) is 0 Å². The van der Waals surface area contributed by atoms with Gasteiger partial charge in [0.05, 0.1) is 24.8 Å². The van der Waals surface area contributed by atoms with Crippen molar-refractivity contribution in [2.24, 2.45) is 5.92 Å². The van der Waals surface area contributed by atoms with Gasteiger partial charge in [-0.25, -0.2) is 8.42 Å². The van der Waals surface area contributed by atoms with Crippen molar-refractivity contribution in [3.8, 4) is 11.5 Å². The first-order chi connectivity index (χ1) is 22.5. The quantitative estimate of drug-likeness (QED) is 0.178. The summed E-state index contributed by atoms with van der Waals surface area (Å²) in [5.41, 5.74) is 2.79. The number of methoxy groups -OCH3 is 2. The molecule has 0 aliphatic rings. The minimum absolute atomic E-state index is 0.00146. The molecule has 4 rings (SSSR count). The van der Waals surface area contributed by atoms with E-state index in [1.165, 1.54) is 37.3 Å². The van der Waals surface area contributed by atoms with Crippen LogP contribution in [0.2, 0.25) is 0 Å². The van der Waals surface area contributed by atoms with Gasteiger partial charge in [-0.2, -0.15) is 0 Å². The van der Waals surface area contributed by atoms with Gasteiger partial charge in [0.15, 0.2) is 0 Å². The summed E-state index contributed by atoms with van der Waals surface area (Å²) in [5, 5.41) is 3.01. The molecule has 4 aromatic rings. The summed E-state index contributed by atoms with van der Waals surface area (Å²) < 4.78 is 40.7. The number of carbonyl (C=O) groups is 2. The lowest BCUT2D eigenvalue weighted by molar-refractivity contribution is -0.140. The third-order valence-electron chi connectivity index (χ3n) is 7.66. The zero-order chi connectivity index (χ0) is 34.0. The maximum atomic E-state index is 14.7. The van der Waals surface area contributed by atoms with E-state index < -0.39 is 28.5 Å². The van der Waals surface area contributed by atoms with Crippen LogP contribution in [0.3, 0.4) is 0 Å². The van der Waals surface area contributed by atoms with Crippen LogP contribution in [0.5, 0.6) is 11.5 Å². The number of nitrogens with zero attached hydrogens (tertiary/aromatic N) is 2. The number of rotatable bonds is 15. The van der Waals surface area contributed by atoms with Crippen molar-refractivity contribution in [1.82, 2.24) is 10.2 Å². The highest BCUT2D eigenvalue weighted by molar-refractivity contribution is 7.92. The number of aryl methyl sites for hydroxylation is 1. The minimum Gasteiger partial charge on any atom is -0.497 e. The first kappa shape index (κ1) is 35.0. The largest absolute Gasteiger partial charge is 0.497 e. The van der Waals surface area contributed by atoms with E-state index in [-0.39, 0.29) is 41.1 Å². The number of anilines is 1. The highest BCUT2D eigenvalue weighted by Gasteiger charge is 2.35. The molecular formula is C37H43N3O6S. The minimum atomic E-state index is -4.30. The number of ether oxygens (including phenoxy) is 2. The van der Waals surface area contributed by atoms with Gasteiger partial charge in [0.1, 0.15) is 24.1 Å². The lowest BCUT2D eigenvalue weighted by Crippen LogP contribution is -2.53. The van der Waals surface area contributed by atoms with E-state index in [1.54, 1.807) is 30.3 Å². The molecule has 10 heteroatoms. The lowest BCUT2D eigenvalue weighted by atomic mass is 10.0. The van der Waals surface area contributed by atoms with Crippen LogP contribution in [0.25, 0.3) is 0 Å². The Labute approximate surface area is 278 Å². The second-order valence-electron chi connectivity index (χ2n) is 11.7. The molecule has 0 aliphatic heterocycles. The lowest BCUT2D eigenvalue weighted by Gasteiger charge is -2.34. The Hall–Kier alpha value is -4.83. The molecular weight excluding hydrogens is 614 g/mol. The average molecular weight is 658 g/mol. The van der Waals surface area contributed by atoms with Crippen molar-refractivity contribution >= 4 is 27.5 Å². The van der Waals surface area contributed by atoms with Crippen molar-refractivity contribution in [3.05, 3.63) is 120 Å². The summed E-state index contributed by atoms with van der Waals surface area (Å²) >= 11 is 0. The molecule has 0 saturated heterocycles. The molecule has 0 saturated carbocycles. The third-order valence-corrected chi connectivity index (χ3v) is 9.43. The summed E-state index contributed by atoms with van der Waals surface area (Å²) in [4.78, 5) is 30.1. The van der Waals surface area contributed by atoms with Gasteiger partial charge in [0, 0.05) is 25.6 Å². The van der Waals surface area contributed by atoms with Gasteiger partial charge >= 0.3 is 0 Å². The molecule has 2 amide bonds. The van der Waals surface area contributed by atoms with E-state index in [1.807, 2.05) is 75.4 Å². The van der Waals surface area contributed by atoms with Crippen LogP contribution >= 0.6 is 0 Å². The smallest absolute Gasteiger partial charge is 0.264 e. The molecule has 9 nitrogen and oxygen atoms in total. The molecule has 0 aromatic heterocycles. The second-order valence-corrected chi connectivity index (χ2v) is 13.6. The van der Waals surface area contributed by atoms with Crippen molar-refractivity contribution in [2.75, 3.05) is 31.6 Å². The van der Waals surface area contributed by atoms with Gasteiger partial charge < -0.3 is 19.7 Å². The molecule has 0 fully saturated rings. The summed E-state index contributed by atoms with van der Waals surface area (Å²) in [6, 6.07) is 28.9. The van der Waals surface area contributed by atoms with Crippen LogP contribution in [0.15, 0.2) is 108 Å². The Morgan fingerprint density at radius 3 is 2.09 bits per heavy atom. The molecule has 1 atom stereocenters. The number of sulfonamides is 1. The standard InChI is InChI=1S/C37H43N3O6S/c1-27(2)24-38-37(42)34(22-29-14-8-6-9-15-29)39(25-30-16-12-13-28(3)21-30)36(41)26-40(47(43,44)32-17-10-7-11-18-32)33-23-31(45-4)19-20-35(33)46-5/h6-21,23,27,34H,22,24-26H2,1-5H3,(H,38,42)/t34-/m1/s1. The Balaban J connectivity index is 1.85. The number of hydrogen-bond donors (Lipinski definition) is 1. The normalized spacial score (nSPS) is 11.9. The van der Waals surface area contributed by atoms with Crippen LogP contribution in [0.1, 0.15) is 30.5 Å². The highest BCUT2D eigenvalue weighted by Crippen LogP contribution is 2.36. The third kappa shape index (κ3) is 9.13. The predicted octanol–water partition coefficient (Wildman–Crippen LogP) is 5.62. The summed E-state index contributed by atoms with van der Waals surface area (Å²) in [7, 11) is -1.39. The Morgan fingerprint density at radius 2 is 1.47 bits per heavy atom. The summed E-state index contributed by atoms with van der Waals surface area (Å²) in [6.07, 6.45) is 0.232. The molecule has 4 aromatic carbocycles. The van der Waals surface area contributed by atoms with Crippen molar-refractivity contribution < 1.29 is 27.5 Å². The van der Waals surface area contributed by atoms with E-state index in [0.29, 0.717) is 12.3 Å². The van der Waals surface area contributed by atoms with Crippen molar-refractivity contribution in [2.45, 2.75) is 44.7 Å². The predicted molar refractivity (Wildman–Crippen MR) is 184 cm³/mol. The fraction of sp³-hybridized carbons (Fsp3) is 0.297. The highest BCUT2D eigenvalue weighted by atomic mass is 32.2. The van der Waals surface area contributed by atoms with Crippen LogP contribution in [0, 0.1) is 12.8 Å². The molecule has 0 bridgehead atoms. The van der Waals surface area contributed by atoms with Crippen LogP contribution in [-0.4, -0.2) is 58.5 Å². The van der Waals surface area contributed by atoms with E-state index in [2.05, 4.69) is 5.32 Å². The molecule has 1 N–H and O–H groups in total. The van der Waals surface area contributed by atoms with Gasteiger partial charge in [-0.3, -0.25) is 13.9 Å². The number of benzene rings is 4. The first-order valence-electron chi connectivity index (χ1n) is 15.5. The van der Waals surface area contributed by atoms with E-state index >= 15 is 0 Å². The van der Waals surface area contributed by atoms with Gasteiger partial charge in [0.2, 0.25) is 11.8 Å². The van der Waals surface area contributed by atoms with Gasteiger partial charge in [0.25, 0.3) is 10.0 Å². The van der Waals surface area contributed by atoms with Crippen molar-refractivity contribution in [3.63, 3.8) is 0 Å². The molecule has 0 radical (unpaired) electrons. The van der Waals surface area contributed by atoms with Crippen molar-refractivity contribution in [1.29, 1.82) is 0 Å². The number of carbonyl (C=O) groups excluding carboxylic acids is 2. The maximum absolute atomic E-state index is 14.7. The van der Waals surface area contributed by atoms with E-state index in [0.717, 1.165) is 21.0 Å². The fourth-order valence-corrected chi connectivity index (χ4v) is 6.65. The molecule has 47 heavy (non-hydrogen) atoms. The monoisotopic (exact) mass is 657 g/mol. The molecule has 248 valence electrons. The van der Waals surface area contributed by atoms with E-state index in [9.17, 15) is 18.0 Å². The summed E-state index contributed by atoms with van der Waals surface area (Å²) in [5.74, 6) is -0.0761. The maximum Gasteiger partial charge on any atom is 0.264 e. The Kier molecular flexibility index (Phi) is 12.0. The number of hydrogen-bond acceptors (Lipinski definition) is 6. The topological polar surface area (TPSA) is 105 Å². The van der Waals surface area contributed by atoms with Crippen LogP contribution in [-0.2, 0) is 32.6 Å². The number of amides is 2. The summed E-state index contributed by atoms with van der Waals surface area (Å²) in [6.45, 7) is 5.85. The number of nitrogens with one attached hydrogen (secondary N) is 1. The fourth-order valence-electron chi connectivity index (χ4n) is 5.21. The van der Waals surface area contributed by atoms with Crippen LogP contribution < -0.4 is 19.1 Å². The molecule has 0 unspecified atom stereocenters. The Morgan fingerprint density at radius 1 is 0.809 bits per heavy atom. The molecule has 0 aliphatic carbocycles. The average Bonchev–Trinajstić information content (AvgIpc) is 3.08. The van der Waals surface area contributed by atoms with Gasteiger partial charge in [-0.05, 0) is 48.2 Å². The Bertz CT molecular complexity index is 1750. The zero-order valence-electron chi connectivity index (χ0n) is 27.6.